The van der Waals surface area contributed by atoms with Gasteiger partial charge in [0.1, 0.15) is 0 Å². The van der Waals surface area contributed by atoms with Crippen LogP contribution in [0.15, 0.2) is 42.5 Å². The fourth-order valence-electron chi connectivity index (χ4n) is 2.96. The number of aryl methyl sites for hydroxylation is 1. The number of hydrogen-bond acceptors (Lipinski definition) is 4. The lowest BCUT2D eigenvalue weighted by atomic mass is 10.1. The van der Waals surface area contributed by atoms with Gasteiger partial charge in [-0.2, -0.15) is 4.39 Å². The van der Waals surface area contributed by atoms with Crippen molar-refractivity contribution in [3.8, 4) is 0 Å². The summed E-state index contributed by atoms with van der Waals surface area (Å²) >= 11 is 0. The Bertz CT molecular complexity index is 900. The first-order chi connectivity index (χ1) is 12.4. The molecule has 0 unspecified atom stereocenters. The van der Waals surface area contributed by atoms with Crippen LogP contribution in [0.1, 0.15) is 12.0 Å². The van der Waals surface area contributed by atoms with Gasteiger partial charge in [-0.1, -0.05) is 18.2 Å². The topological polar surface area (TPSA) is 92.6 Å². The van der Waals surface area contributed by atoms with Gasteiger partial charge in [0.15, 0.2) is 0 Å². The average Bonchev–Trinajstić information content (AvgIpc) is 2.98. The molecular weight excluding hydrogens is 341 g/mol. The Morgan fingerprint density at radius 2 is 2.04 bits per heavy atom. The monoisotopic (exact) mass is 357 g/mol. The zero-order chi connectivity index (χ0) is 18.8. The van der Waals surface area contributed by atoms with E-state index < -0.39 is 28.3 Å². The molecule has 0 bridgehead atoms. The van der Waals surface area contributed by atoms with Crippen molar-refractivity contribution in [2.45, 2.75) is 13.3 Å². The molecule has 3 rings (SSSR count). The predicted octanol–water partition coefficient (Wildman–Crippen LogP) is 3.03. The van der Waals surface area contributed by atoms with Gasteiger partial charge < -0.3 is 10.2 Å². The third kappa shape index (κ3) is 3.39. The molecule has 0 spiro atoms. The number of nitrogens with one attached hydrogen (secondary N) is 1. The van der Waals surface area contributed by atoms with Crippen LogP contribution in [0, 0.1) is 28.8 Å². The number of carbonyl (C=O) groups excluding carboxylic acids is 2. The fraction of sp³-hybridized carbons (Fsp3) is 0.222. The van der Waals surface area contributed by atoms with Gasteiger partial charge >= 0.3 is 5.69 Å². The van der Waals surface area contributed by atoms with Gasteiger partial charge in [-0.15, -0.1) is 0 Å². The van der Waals surface area contributed by atoms with Crippen molar-refractivity contribution in [1.82, 2.24) is 0 Å². The zero-order valence-electron chi connectivity index (χ0n) is 13.9. The molecule has 2 aromatic carbocycles. The lowest BCUT2D eigenvalue weighted by Gasteiger charge is -2.19. The van der Waals surface area contributed by atoms with Crippen LogP contribution in [0.3, 0.4) is 0 Å². The van der Waals surface area contributed by atoms with E-state index in [1.807, 2.05) is 31.2 Å². The highest BCUT2D eigenvalue weighted by molar-refractivity contribution is 6.03. The summed E-state index contributed by atoms with van der Waals surface area (Å²) in [7, 11) is 0. The summed E-state index contributed by atoms with van der Waals surface area (Å²) in [6.07, 6.45) is 0.0451. The molecular formula is C18H16FN3O4. The lowest BCUT2D eigenvalue weighted by Crippen LogP contribution is -2.28. The highest BCUT2D eigenvalue weighted by Gasteiger charge is 2.35. The maximum Gasteiger partial charge on any atom is 0.306 e. The Balaban J connectivity index is 1.74. The average molecular weight is 357 g/mol. The van der Waals surface area contributed by atoms with Crippen LogP contribution in [-0.4, -0.2) is 23.3 Å². The van der Waals surface area contributed by atoms with E-state index in [1.165, 1.54) is 6.07 Å². The SMILES string of the molecule is Cc1ccccc1N1C[C@H](C(=O)Nc2ccc(F)c([N+](=O)[O-])c2)CC1=O. The number of nitrogens with zero attached hydrogens (tertiary/aromatic N) is 2. The number of nitro groups is 1. The Morgan fingerprint density at radius 1 is 1.31 bits per heavy atom. The number of anilines is 2. The molecule has 2 amide bonds. The van der Waals surface area contributed by atoms with Gasteiger partial charge in [-0.25, -0.2) is 0 Å². The lowest BCUT2D eigenvalue weighted by molar-refractivity contribution is -0.387. The second-order valence-electron chi connectivity index (χ2n) is 6.10. The molecule has 26 heavy (non-hydrogen) atoms. The van der Waals surface area contributed by atoms with Gasteiger partial charge in [0.25, 0.3) is 0 Å². The van der Waals surface area contributed by atoms with Crippen LogP contribution in [0.5, 0.6) is 0 Å². The highest BCUT2D eigenvalue weighted by atomic mass is 19.1. The summed E-state index contributed by atoms with van der Waals surface area (Å²) in [4.78, 5) is 36.2. The van der Waals surface area contributed by atoms with E-state index in [0.29, 0.717) is 0 Å². The molecule has 0 saturated carbocycles. The second-order valence-corrected chi connectivity index (χ2v) is 6.10. The summed E-state index contributed by atoms with van der Waals surface area (Å²) < 4.78 is 13.4. The van der Waals surface area contributed by atoms with Gasteiger partial charge in [0.2, 0.25) is 17.6 Å². The van der Waals surface area contributed by atoms with Crippen LogP contribution in [0.2, 0.25) is 0 Å². The standard InChI is InChI=1S/C18H16FN3O4/c1-11-4-2-3-5-15(11)21-10-12(8-17(21)23)18(24)20-13-6-7-14(19)16(9-13)22(25)26/h2-7,9,12H,8,10H2,1H3,(H,20,24)/t12-/m1/s1. The number of benzene rings is 2. The van der Waals surface area contributed by atoms with E-state index in [-0.39, 0.29) is 24.6 Å². The summed E-state index contributed by atoms with van der Waals surface area (Å²) in [5.41, 5.74) is 1.08. The van der Waals surface area contributed by atoms with Crippen LogP contribution in [0.4, 0.5) is 21.5 Å². The molecule has 0 radical (unpaired) electrons. The van der Waals surface area contributed by atoms with Gasteiger partial charge in [-0.3, -0.25) is 19.7 Å². The number of hydrogen-bond donors (Lipinski definition) is 1. The Hall–Kier alpha value is -3.29. The Kier molecular flexibility index (Phi) is 4.66. The van der Waals surface area contributed by atoms with Gasteiger partial charge in [0.05, 0.1) is 10.8 Å². The Labute approximate surface area is 148 Å². The third-order valence-corrected chi connectivity index (χ3v) is 4.31. The summed E-state index contributed by atoms with van der Waals surface area (Å²) in [6, 6.07) is 10.5. The number of para-hydroxylation sites is 1. The number of halogens is 1. The molecule has 1 aliphatic rings. The largest absolute Gasteiger partial charge is 0.326 e. The molecule has 1 heterocycles. The van der Waals surface area contributed by atoms with Crippen molar-refractivity contribution < 1.29 is 18.9 Å². The van der Waals surface area contributed by atoms with Crippen molar-refractivity contribution in [3.05, 3.63) is 64.0 Å². The van der Waals surface area contributed by atoms with Gasteiger partial charge in [-0.05, 0) is 30.7 Å². The van der Waals surface area contributed by atoms with E-state index in [1.54, 1.807) is 4.90 Å². The Morgan fingerprint density at radius 3 is 2.73 bits per heavy atom. The molecule has 134 valence electrons. The van der Waals surface area contributed by atoms with Crippen molar-refractivity contribution in [2.75, 3.05) is 16.8 Å². The minimum absolute atomic E-state index is 0.0451. The van der Waals surface area contributed by atoms with Crippen molar-refractivity contribution >= 4 is 28.9 Å². The fourth-order valence-corrected chi connectivity index (χ4v) is 2.96. The first-order valence-corrected chi connectivity index (χ1v) is 7.97. The quantitative estimate of drug-likeness (QED) is 0.672. The molecule has 2 aromatic rings. The van der Waals surface area contributed by atoms with E-state index in [2.05, 4.69) is 5.32 Å². The van der Waals surface area contributed by atoms with Crippen LogP contribution < -0.4 is 10.2 Å². The van der Waals surface area contributed by atoms with Crippen LogP contribution in [-0.2, 0) is 9.59 Å². The zero-order valence-corrected chi connectivity index (χ0v) is 13.9. The van der Waals surface area contributed by atoms with Gasteiger partial charge in [0, 0.05) is 30.4 Å². The first-order valence-electron chi connectivity index (χ1n) is 7.97. The van der Waals surface area contributed by atoms with Crippen molar-refractivity contribution in [1.29, 1.82) is 0 Å². The molecule has 1 aliphatic heterocycles. The van der Waals surface area contributed by atoms with E-state index in [9.17, 15) is 24.1 Å². The number of carbonyl (C=O) groups is 2. The number of rotatable bonds is 4. The highest BCUT2D eigenvalue weighted by Crippen LogP contribution is 2.29. The molecule has 1 atom stereocenters. The molecule has 1 N–H and O–H groups in total. The second kappa shape index (κ2) is 6.91. The predicted molar refractivity (Wildman–Crippen MR) is 93.3 cm³/mol. The normalized spacial score (nSPS) is 16.6. The molecule has 7 nitrogen and oxygen atoms in total. The summed E-state index contributed by atoms with van der Waals surface area (Å²) in [5.74, 6) is -2.17. The van der Waals surface area contributed by atoms with E-state index in [4.69, 9.17) is 0 Å². The van der Waals surface area contributed by atoms with Crippen molar-refractivity contribution in [3.63, 3.8) is 0 Å². The minimum Gasteiger partial charge on any atom is -0.326 e. The maximum absolute atomic E-state index is 13.4. The molecule has 0 aromatic heterocycles. The van der Waals surface area contributed by atoms with Crippen LogP contribution in [0.25, 0.3) is 0 Å². The molecule has 0 aliphatic carbocycles. The minimum atomic E-state index is -0.977. The smallest absolute Gasteiger partial charge is 0.306 e. The van der Waals surface area contributed by atoms with E-state index in [0.717, 1.165) is 23.4 Å². The van der Waals surface area contributed by atoms with E-state index >= 15 is 0 Å². The first kappa shape index (κ1) is 17.5. The van der Waals surface area contributed by atoms with Crippen LogP contribution >= 0.6 is 0 Å². The molecule has 1 saturated heterocycles. The summed E-state index contributed by atoms with van der Waals surface area (Å²) in [5, 5.41) is 13.3. The number of nitro benzene ring substituents is 1. The number of amides is 2. The summed E-state index contributed by atoms with van der Waals surface area (Å²) in [6.45, 7) is 2.10. The van der Waals surface area contributed by atoms with Crippen molar-refractivity contribution in [2.24, 2.45) is 5.92 Å². The molecule has 1 fully saturated rings. The maximum atomic E-state index is 13.4. The third-order valence-electron chi connectivity index (χ3n) is 4.31. The molecule has 8 heteroatoms.